The highest BCUT2D eigenvalue weighted by Crippen LogP contribution is 2.36. The molecule has 11 heteroatoms. The molecule has 1 aromatic carbocycles. The maximum Gasteiger partial charge on any atom is 0.276 e. The zero-order valence-corrected chi connectivity index (χ0v) is 17.4. The lowest BCUT2D eigenvalue weighted by Gasteiger charge is -2.30. The van der Waals surface area contributed by atoms with Gasteiger partial charge in [-0.05, 0) is 30.6 Å². The Labute approximate surface area is 179 Å². The Kier molecular flexibility index (Phi) is 4.62. The van der Waals surface area contributed by atoms with Gasteiger partial charge < -0.3 is 9.42 Å². The minimum absolute atomic E-state index is 0.0291. The molecule has 4 heterocycles. The van der Waals surface area contributed by atoms with Crippen LogP contribution in [0, 0.1) is 18.6 Å². The largest absolute Gasteiger partial charge is 0.355 e. The van der Waals surface area contributed by atoms with Crippen molar-refractivity contribution in [3.8, 4) is 11.3 Å². The smallest absolute Gasteiger partial charge is 0.276 e. The Hall–Kier alpha value is -3.47. The van der Waals surface area contributed by atoms with Crippen LogP contribution in [0.15, 0.2) is 35.0 Å². The van der Waals surface area contributed by atoms with Gasteiger partial charge in [-0.25, -0.2) is 8.78 Å². The molecule has 4 aromatic rings. The average molecular weight is 442 g/mol. The number of carbonyl (C=O) groups excluding carboxylic acids is 1. The Balaban J connectivity index is 1.45. The van der Waals surface area contributed by atoms with Gasteiger partial charge in [0.1, 0.15) is 11.6 Å². The first-order chi connectivity index (χ1) is 14.9. The molecular weight excluding hydrogens is 426 g/mol. The van der Waals surface area contributed by atoms with Gasteiger partial charge in [0.15, 0.2) is 11.5 Å². The number of rotatable bonds is 3. The summed E-state index contributed by atoms with van der Waals surface area (Å²) in [5.74, 6) is -1.92. The van der Waals surface area contributed by atoms with Gasteiger partial charge in [0.2, 0.25) is 0 Å². The lowest BCUT2D eigenvalue weighted by atomic mass is 9.93. The molecule has 8 nitrogen and oxygen atoms in total. The quantitative estimate of drug-likeness (QED) is 0.484. The number of hydrogen-bond donors (Lipinski definition) is 0. The maximum absolute atomic E-state index is 14.1. The number of carbonyl (C=O) groups is 1. The standard InChI is InChI=1S/C20H16F2N6O2S/c1-10-13(7-23-27(10)2)14-8-28(9-17-19(14)31-26-24-17)20(29)16-6-18(30-25-16)12-4-3-11(21)5-15(12)22/h3-7,14H,8-9H2,1-2H3. The fraction of sp³-hybridized carbons (Fsp3) is 0.250. The van der Waals surface area contributed by atoms with Crippen LogP contribution in [0.1, 0.15) is 38.2 Å². The molecule has 1 unspecified atom stereocenters. The minimum Gasteiger partial charge on any atom is -0.355 e. The predicted molar refractivity (Wildman–Crippen MR) is 106 cm³/mol. The second kappa shape index (κ2) is 7.34. The van der Waals surface area contributed by atoms with Gasteiger partial charge in [-0.15, -0.1) is 5.10 Å². The molecule has 0 bridgehead atoms. The monoisotopic (exact) mass is 442 g/mol. The van der Waals surface area contributed by atoms with Crippen molar-refractivity contribution in [2.24, 2.45) is 7.05 Å². The topological polar surface area (TPSA) is 89.9 Å². The third kappa shape index (κ3) is 3.30. The van der Waals surface area contributed by atoms with Crippen molar-refractivity contribution in [3.05, 3.63) is 69.6 Å². The molecule has 0 N–H and O–H groups in total. The van der Waals surface area contributed by atoms with Gasteiger partial charge in [0.25, 0.3) is 5.91 Å². The molecule has 0 spiro atoms. The Morgan fingerprint density at radius 2 is 2.13 bits per heavy atom. The summed E-state index contributed by atoms with van der Waals surface area (Å²) in [5.41, 5.74) is 2.79. The minimum atomic E-state index is -0.793. The van der Waals surface area contributed by atoms with E-state index in [1.54, 1.807) is 15.8 Å². The van der Waals surface area contributed by atoms with E-state index in [0.29, 0.717) is 6.54 Å². The second-order valence-electron chi connectivity index (χ2n) is 7.33. The molecule has 3 aromatic heterocycles. The lowest BCUT2D eigenvalue weighted by molar-refractivity contribution is 0.0713. The SMILES string of the molecule is Cc1c(C2CN(C(=O)c3cc(-c4ccc(F)cc4F)on3)Cc3nnsc32)cnn1C. The molecule has 158 valence electrons. The first-order valence-electron chi connectivity index (χ1n) is 9.43. The molecule has 1 amide bonds. The molecule has 1 aliphatic rings. The zero-order chi connectivity index (χ0) is 21.7. The van der Waals surface area contributed by atoms with E-state index in [9.17, 15) is 13.6 Å². The van der Waals surface area contributed by atoms with Crippen molar-refractivity contribution < 1.29 is 18.1 Å². The van der Waals surface area contributed by atoms with E-state index >= 15 is 0 Å². The molecule has 0 fully saturated rings. The summed E-state index contributed by atoms with van der Waals surface area (Å²) >= 11 is 1.32. The van der Waals surface area contributed by atoms with Gasteiger partial charge in [0, 0.05) is 42.9 Å². The number of amides is 1. The van der Waals surface area contributed by atoms with Crippen molar-refractivity contribution in [2.45, 2.75) is 19.4 Å². The van der Waals surface area contributed by atoms with E-state index in [1.807, 2.05) is 14.0 Å². The summed E-state index contributed by atoms with van der Waals surface area (Å²) in [6.45, 7) is 2.65. The third-order valence-electron chi connectivity index (χ3n) is 5.51. The van der Waals surface area contributed by atoms with Crippen LogP contribution in [0.5, 0.6) is 0 Å². The molecule has 1 atom stereocenters. The summed E-state index contributed by atoms with van der Waals surface area (Å²) in [7, 11) is 1.86. The highest BCUT2D eigenvalue weighted by atomic mass is 32.1. The van der Waals surface area contributed by atoms with Crippen LogP contribution in [-0.4, -0.2) is 41.9 Å². The van der Waals surface area contributed by atoms with Crippen LogP contribution in [0.2, 0.25) is 0 Å². The van der Waals surface area contributed by atoms with Gasteiger partial charge in [0.05, 0.1) is 28.9 Å². The van der Waals surface area contributed by atoms with Crippen LogP contribution in [0.4, 0.5) is 8.78 Å². The maximum atomic E-state index is 14.1. The van der Waals surface area contributed by atoms with Crippen LogP contribution in [0.25, 0.3) is 11.3 Å². The Bertz CT molecular complexity index is 1300. The van der Waals surface area contributed by atoms with Crippen LogP contribution >= 0.6 is 11.5 Å². The van der Waals surface area contributed by atoms with Crippen molar-refractivity contribution in [2.75, 3.05) is 6.54 Å². The molecule has 0 saturated heterocycles. The van der Waals surface area contributed by atoms with E-state index < -0.39 is 11.6 Å². The molecule has 0 aliphatic carbocycles. The summed E-state index contributed by atoms with van der Waals surface area (Å²) in [6, 6.07) is 4.47. The first kappa shape index (κ1) is 19.5. The van der Waals surface area contributed by atoms with Crippen molar-refractivity contribution >= 4 is 17.4 Å². The van der Waals surface area contributed by atoms with Crippen molar-refractivity contribution in [3.63, 3.8) is 0 Å². The number of aromatic nitrogens is 5. The van der Waals surface area contributed by atoms with E-state index in [0.717, 1.165) is 34.0 Å². The van der Waals surface area contributed by atoms with Gasteiger partial charge >= 0.3 is 0 Å². The predicted octanol–water partition coefficient (Wildman–Crippen LogP) is 3.30. The average Bonchev–Trinajstić information content (AvgIpc) is 3.48. The number of benzene rings is 1. The number of hydrogen-bond acceptors (Lipinski definition) is 7. The van der Waals surface area contributed by atoms with Crippen LogP contribution in [0.3, 0.4) is 0 Å². The van der Waals surface area contributed by atoms with E-state index in [4.69, 9.17) is 4.52 Å². The highest BCUT2D eigenvalue weighted by molar-refractivity contribution is 7.05. The number of nitrogens with zero attached hydrogens (tertiary/aromatic N) is 6. The fourth-order valence-electron chi connectivity index (χ4n) is 3.74. The summed E-state index contributed by atoms with van der Waals surface area (Å²) in [5, 5.41) is 12.3. The summed E-state index contributed by atoms with van der Waals surface area (Å²) in [4.78, 5) is 15.8. The Morgan fingerprint density at radius 1 is 1.29 bits per heavy atom. The molecular formula is C20H16F2N6O2S. The van der Waals surface area contributed by atoms with Gasteiger partial charge in [-0.3, -0.25) is 9.48 Å². The number of aryl methyl sites for hydroxylation is 1. The van der Waals surface area contributed by atoms with Crippen LogP contribution < -0.4 is 0 Å². The van der Waals surface area contributed by atoms with E-state index in [2.05, 4.69) is 19.8 Å². The van der Waals surface area contributed by atoms with Crippen molar-refractivity contribution in [1.29, 1.82) is 0 Å². The van der Waals surface area contributed by atoms with Crippen molar-refractivity contribution in [1.82, 2.24) is 29.4 Å². The Morgan fingerprint density at radius 3 is 2.87 bits per heavy atom. The molecule has 31 heavy (non-hydrogen) atoms. The molecule has 5 rings (SSSR count). The van der Waals surface area contributed by atoms with Gasteiger partial charge in [-0.2, -0.15) is 5.10 Å². The van der Waals surface area contributed by atoms with Crippen LogP contribution in [-0.2, 0) is 13.6 Å². The van der Waals surface area contributed by atoms with E-state index in [-0.39, 0.29) is 35.4 Å². The molecule has 0 saturated carbocycles. The fourth-order valence-corrected chi connectivity index (χ4v) is 4.51. The summed E-state index contributed by atoms with van der Waals surface area (Å²) in [6.07, 6.45) is 1.79. The zero-order valence-electron chi connectivity index (χ0n) is 16.5. The highest BCUT2D eigenvalue weighted by Gasteiger charge is 2.35. The van der Waals surface area contributed by atoms with Gasteiger partial charge in [-0.1, -0.05) is 9.64 Å². The normalized spacial score (nSPS) is 15.9. The lowest BCUT2D eigenvalue weighted by Crippen LogP contribution is -2.38. The molecule has 1 aliphatic heterocycles. The number of fused-ring (bicyclic) bond motifs is 1. The first-order valence-corrected chi connectivity index (χ1v) is 10.2. The second-order valence-corrected chi connectivity index (χ2v) is 8.12. The summed E-state index contributed by atoms with van der Waals surface area (Å²) < 4.78 is 38.3. The van der Waals surface area contributed by atoms with E-state index in [1.165, 1.54) is 23.7 Å². The molecule has 0 radical (unpaired) electrons. The third-order valence-corrected chi connectivity index (χ3v) is 6.39. The number of halogens is 2.